The molecule has 6 nitrogen and oxygen atoms in total. The molecule has 18 heavy (non-hydrogen) atoms. The van der Waals surface area contributed by atoms with Crippen LogP contribution in [0.4, 0.5) is 4.79 Å². The summed E-state index contributed by atoms with van der Waals surface area (Å²) in [6, 6.07) is -1.17. The maximum absolute atomic E-state index is 11.5. The third-order valence-electron chi connectivity index (χ3n) is 1.88. The van der Waals surface area contributed by atoms with Gasteiger partial charge in [-0.05, 0) is 27.7 Å². The van der Waals surface area contributed by atoms with E-state index in [1.54, 1.807) is 27.7 Å². The number of amides is 1. The summed E-state index contributed by atoms with van der Waals surface area (Å²) in [5.41, 5.74) is -0.682. The highest BCUT2D eigenvalue weighted by atomic mass is 16.6. The number of carbonyl (C=O) groups excluding carboxylic acids is 1. The molecule has 0 aliphatic carbocycles. The van der Waals surface area contributed by atoms with Crippen LogP contribution in [-0.4, -0.2) is 41.5 Å². The minimum Gasteiger partial charge on any atom is -0.480 e. The number of hydrogen-bond acceptors (Lipinski definition) is 4. The minimum absolute atomic E-state index is 0.209. The molecule has 0 spiro atoms. The van der Waals surface area contributed by atoms with Crippen molar-refractivity contribution >= 4 is 12.1 Å². The molecule has 0 aromatic rings. The normalized spacial score (nSPS) is 14.4. The van der Waals surface area contributed by atoms with Crippen molar-refractivity contribution in [2.75, 3.05) is 6.61 Å². The average Bonchev–Trinajstić information content (AvgIpc) is 2.19. The Bertz CT molecular complexity index is 308. The van der Waals surface area contributed by atoms with Gasteiger partial charge in [-0.2, -0.15) is 0 Å². The van der Waals surface area contributed by atoms with Crippen molar-refractivity contribution in [3.8, 4) is 0 Å². The Hall–Kier alpha value is -1.56. The van der Waals surface area contributed by atoms with Crippen LogP contribution in [0, 0.1) is 0 Å². The molecule has 0 radical (unpaired) electrons. The first-order chi connectivity index (χ1) is 8.17. The van der Waals surface area contributed by atoms with Gasteiger partial charge in [0, 0.05) is 0 Å². The van der Waals surface area contributed by atoms with Gasteiger partial charge in [-0.25, -0.2) is 9.59 Å². The van der Waals surface area contributed by atoms with Gasteiger partial charge < -0.3 is 19.9 Å². The molecule has 104 valence electrons. The van der Waals surface area contributed by atoms with Crippen LogP contribution in [0.25, 0.3) is 0 Å². The second-order valence-corrected chi connectivity index (χ2v) is 4.79. The van der Waals surface area contributed by atoms with E-state index in [1.807, 2.05) is 0 Å². The SMILES string of the molecule is C=CCO[C@@H](C)[C@@H](NC(=O)OC(C)(C)C)C(=O)O. The number of carboxylic acids is 1. The fraction of sp³-hybridized carbons (Fsp3) is 0.667. The Morgan fingerprint density at radius 3 is 2.39 bits per heavy atom. The number of alkyl carbamates (subject to hydrolysis) is 1. The van der Waals surface area contributed by atoms with Crippen LogP contribution in [0.15, 0.2) is 12.7 Å². The van der Waals surface area contributed by atoms with Crippen LogP contribution >= 0.6 is 0 Å². The molecule has 0 unspecified atom stereocenters. The summed E-state index contributed by atoms with van der Waals surface area (Å²) in [4.78, 5) is 22.5. The van der Waals surface area contributed by atoms with Crippen LogP contribution in [0.1, 0.15) is 27.7 Å². The first-order valence-corrected chi connectivity index (χ1v) is 5.62. The Labute approximate surface area is 107 Å². The highest BCUT2D eigenvalue weighted by Crippen LogP contribution is 2.08. The summed E-state index contributed by atoms with van der Waals surface area (Å²) in [6.45, 7) is 10.3. The van der Waals surface area contributed by atoms with E-state index in [0.29, 0.717) is 0 Å². The quantitative estimate of drug-likeness (QED) is 0.707. The smallest absolute Gasteiger partial charge is 0.408 e. The van der Waals surface area contributed by atoms with Crippen LogP contribution < -0.4 is 5.32 Å². The molecular weight excluding hydrogens is 238 g/mol. The number of ether oxygens (including phenoxy) is 2. The number of aliphatic carboxylic acids is 1. The van der Waals surface area contributed by atoms with Crippen molar-refractivity contribution < 1.29 is 24.2 Å². The number of nitrogens with one attached hydrogen (secondary N) is 1. The van der Waals surface area contributed by atoms with Crippen LogP contribution in [-0.2, 0) is 14.3 Å². The Kier molecular flexibility index (Phi) is 6.40. The van der Waals surface area contributed by atoms with Gasteiger partial charge in [0.2, 0.25) is 0 Å². The number of carboxylic acid groups (broad SMARTS) is 1. The van der Waals surface area contributed by atoms with Crippen molar-refractivity contribution in [3.05, 3.63) is 12.7 Å². The predicted molar refractivity (Wildman–Crippen MR) is 66.4 cm³/mol. The van der Waals surface area contributed by atoms with Crippen molar-refractivity contribution in [1.82, 2.24) is 5.32 Å². The molecule has 1 amide bonds. The molecule has 0 fully saturated rings. The van der Waals surface area contributed by atoms with E-state index < -0.39 is 29.8 Å². The van der Waals surface area contributed by atoms with Crippen molar-refractivity contribution in [3.63, 3.8) is 0 Å². The summed E-state index contributed by atoms with van der Waals surface area (Å²) in [6.07, 6.45) is 0.0278. The zero-order valence-electron chi connectivity index (χ0n) is 11.2. The second kappa shape index (κ2) is 7.00. The molecule has 0 aliphatic rings. The third kappa shape index (κ3) is 6.90. The molecule has 2 atom stereocenters. The highest BCUT2D eigenvalue weighted by molar-refractivity contribution is 5.80. The lowest BCUT2D eigenvalue weighted by molar-refractivity contribution is -0.143. The lowest BCUT2D eigenvalue weighted by Gasteiger charge is -2.24. The monoisotopic (exact) mass is 259 g/mol. The first kappa shape index (κ1) is 16.4. The summed E-state index contributed by atoms with van der Waals surface area (Å²) >= 11 is 0. The predicted octanol–water partition coefficient (Wildman–Crippen LogP) is 1.56. The zero-order valence-corrected chi connectivity index (χ0v) is 11.2. The largest absolute Gasteiger partial charge is 0.480 e. The maximum atomic E-state index is 11.5. The molecule has 0 heterocycles. The van der Waals surface area contributed by atoms with Gasteiger partial charge in [0.15, 0.2) is 6.04 Å². The Morgan fingerprint density at radius 1 is 1.44 bits per heavy atom. The Balaban J connectivity index is 4.49. The van der Waals surface area contributed by atoms with Crippen molar-refractivity contribution in [2.24, 2.45) is 0 Å². The molecule has 0 rings (SSSR count). The van der Waals surface area contributed by atoms with Gasteiger partial charge in [-0.1, -0.05) is 6.08 Å². The molecule has 6 heteroatoms. The summed E-state index contributed by atoms with van der Waals surface area (Å²) in [7, 11) is 0. The van der Waals surface area contributed by atoms with Gasteiger partial charge in [-0.15, -0.1) is 6.58 Å². The maximum Gasteiger partial charge on any atom is 0.408 e. The standard InChI is InChI=1S/C12H21NO5/c1-6-7-17-8(2)9(10(14)15)13-11(16)18-12(3,4)5/h6,8-9H,1,7H2,2-5H3,(H,13,16)(H,14,15)/t8-,9+/m0/s1. The highest BCUT2D eigenvalue weighted by Gasteiger charge is 2.29. The van der Waals surface area contributed by atoms with Gasteiger partial charge in [0.25, 0.3) is 0 Å². The van der Waals surface area contributed by atoms with Crippen LogP contribution in [0.5, 0.6) is 0 Å². The van der Waals surface area contributed by atoms with Crippen molar-refractivity contribution in [2.45, 2.75) is 45.4 Å². The number of carbonyl (C=O) groups is 2. The summed E-state index contributed by atoms with van der Waals surface area (Å²) in [5, 5.41) is 11.3. The third-order valence-corrected chi connectivity index (χ3v) is 1.88. The molecule has 2 N–H and O–H groups in total. The Morgan fingerprint density at radius 2 is 2.00 bits per heavy atom. The molecule has 0 aromatic carbocycles. The number of rotatable bonds is 6. The van der Waals surface area contributed by atoms with Crippen molar-refractivity contribution in [1.29, 1.82) is 0 Å². The molecule has 0 bridgehead atoms. The van der Waals surface area contributed by atoms with E-state index in [9.17, 15) is 9.59 Å². The van der Waals surface area contributed by atoms with Gasteiger partial charge in [-0.3, -0.25) is 0 Å². The molecule has 0 aliphatic heterocycles. The summed E-state index contributed by atoms with van der Waals surface area (Å²) < 4.78 is 10.2. The minimum atomic E-state index is -1.18. The molecule has 0 saturated heterocycles. The lowest BCUT2D eigenvalue weighted by Crippen LogP contribution is -2.50. The fourth-order valence-electron chi connectivity index (χ4n) is 1.13. The van der Waals surface area contributed by atoms with E-state index in [-0.39, 0.29) is 6.61 Å². The van der Waals surface area contributed by atoms with E-state index >= 15 is 0 Å². The second-order valence-electron chi connectivity index (χ2n) is 4.79. The average molecular weight is 259 g/mol. The van der Waals surface area contributed by atoms with Crippen LogP contribution in [0.2, 0.25) is 0 Å². The fourth-order valence-corrected chi connectivity index (χ4v) is 1.13. The van der Waals surface area contributed by atoms with E-state index in [2.05, 4.69) is 11.9 Å². The van der Waals surface area contributed by atoms with E-state index in [4.69, 9.17) is 14.6 Å². The van der Waals surface area contributed by atoms with Gasteiger partial charge in [0.1, 0.15) is 5.60 Å². The molecule has 0 aromatic heterocycles. The zero-order chi connectivity index (χ0) is 14.3. The van der Waals surface area contributed by atoms with E-state index in [1.165, 1.54) is 6.08 Å². The molecule has 0 saturated carbocycles. The van der Waals surface area contributed by atoms with E-state index in [0.717, 1.165) is 0 Å². The van der Waals surface area contributed by atoms with Gasteiger partial charge in [0.05, 0.1) is 12.7 Å². The summed E-state index contributed by atoms with van der Waals surface area (Å²) in [5.74, 6) is -1.18. The topological polar surface area (TPSA) is 84.9 Å². The number of hydrogen-bond donors (Lipinski definition) is 2. The first-order valence-electron chi connectivity index (χ1n) is 5.62. The molecular formula is C12H21NO5. The van der Waals surface area contributed by atoms with Gasteiger partial charge >= 0.3 is 12.1 Å². The van der Waals surface area contributed by atoms with Crippen LogP contribution in [0.3, 0.4) is 0 Å². The lowest BCUT2D eigenvalue weighted by atomic mass is 10.2.